The predicted molar refractivity (Wildman–Crippen MR) is 70.3 cm³/mol. The number of nitrogens with zero attached hydrogens (tertiary/aromatic N) is 1. The Morgan fingerprint density at radius 3 is 2.50 bits per heavy atom. The van der Waals surface area contributed by atoms with Gasteiger partial charge in [0.15, 0.2) is 0 Å². The van der Waals surface area contributed by atoms with Crippen LogP contribution in [0.3, 0.4) is 0 Å². The zero-order valence-corrected chi connectivity index (χ0v) is 12.0. The van der Waals surface area contributed by atoms with E-state index in [0.29, 0.717) is 5.56 Å². The highest BCUT2D eigenvalue weighted by atomic mass is 19.4. The van der Waals surface area contributed by atoms with Crippen LogP contribution in [-0.4, -0.2) is 35.3 Å². The first-order valence-corrected chi connectivity index (χ1v) is 6.39. The molecule has 1 amide bonds. The molecule has 0 aliphatic rings. The number of hydrogen-bond acceptors (Lipinski definition) is 5. The van der Waals surface area contributed by atoms with Crippen molar-refractivity contribution in [1.29, 1.82) is 0 Å². The molecule has 6 nitrogen and oxygen atoms in total. The largest absolute Gasteiger partial charge is 0.463 e. The van der Waals surface area contributed by atoms with Gasteiger partial charge in [0, 0.05) is 25.9 Å². The Morgan fingerprint density at radius 1 is 1.36 bits per heavy atom. The Balaban J connectivity index is 3.11. The fourth-order valence-electron chi connectivity index (χ4n) is 1.69. The highest BCUT2D eigenvalue weighted by Crippen LogP contribution is 2.30. The minimum absolute atomic E-state index is 0.259. The van der Waals surface area contributed by atoms with Gasteiger partial charge in [0.05, 0.1) is 6.61 Å². The molecule has 0 aromatic carbocycles. The van der Waals surface area contributed by atoms with Gasteiger partial charge in [-0.05, 0) is 18.6 Å². The van der Waals surface area contributed by atoms with Crippen molar-refractivity contribution < 1.29 is 27.5 Å². The summed E-state index contributed by atoms with van der Waals surface area (Å²) >= 11 is 0. The zero-order chi connectivity index (χ0) is 16.8. The predicted octanol–water partition coefficient (Wildman–Crippen LogP) is 1.13. The second-order valence-corrected chi connectivity index (χ2v) is 4.36. The first-order valence-electron chi connectivity index (χ1n) is 6.39. The molecule has 0 aliphatic carbocycles. The van der Waals surface area contributed by atoms with E-state index < -0.39 is 23.7 Å². The van der Waals surface area contributed by atoms with Crippen molar-refractivity contribution >= 4 is 11.9 Å². The van der Waals surface area contributed by atoms with Crippen molar-refractivity contribution in [2.75, 3.05) is 6.61 Å². The molecule has 0 spiro atoms. The number of halogens is 3. The standard InChI is InChI=1S/C13H16F3N3O3/c1-3-22-11(21)12(13(14,15)16,19-9(2)20)18-8-10-5-4-6-17-7-10/h4-7,18H,3,8H2,1-2H3,(H,19,20). The minimum Gasteiger partial charge on any atom is -0.463 e. The maximum Gasteiger partial charge on any atom is 0.436 e. The molecule has 22 heavy (non-hydrogen) atoms. The lowest BCUT2D eigenvalue weighted by Gasteiger charge is -2.34. The lowest BCUT2D eigenvalue weighted by Crippen LogP contribution is -2.72. The van der Waals surface area contributed by atoms with E-state index in [1.807, 2.05) is 5.32 Å². The number of ether oxygens (including phenoxy) is 1. The van der Waals surface area contributed by atoms with Crippen molar-refractivity contribution in [3.05, 3.63) is 30.1 Å². The number of amides is 1. The van der Waals surface area contributed by atoms with Crippen LogP contribution in [0.1, 0.15) is 19.4 Å². The normalized spacial score (nSPS) is 14.0. The molecular weight excluding hydrogens is 303 g/mol. The van der Waals surface area contributed by atoms with Crippen molar-refractivity contribution in [3.63, 3.8) is 0 Å². The Bertz CT molecular complexity index is 522. The van der Waals surface area contributed by atoms with Crippen LogP contribution in [0.5, 0.6) is 0 Å². The van der Waals surface area contributed by atoms with Crippen molar-refractivity contribution in [2.24, 2.45) is 0 Å². The first kappa shape index (κ1) is 17.9. The molecule has 0 saturated carbocycles. The molecule has 9 heteroatoms. The number of alkyl halides is 3. The summed E-state index contributed by atoms with van der Waals surface area (Å²) in [5.41, 5.74) is -2.91. The Morgan fingerprint density at radius 2 is 2.05 bits per heavy atom. The average molecular weight is 319 g/mol. The van der Waals surface area contributed by atoms with Gasteiger partial charge in [0.25, 0.3) is 5.66 Å². The van der Waals surface area contributed by atoms with Gasteiger partial charge in [-0.1, -0.05) is 6.07 Å². The molecule has 1 rings (SSSR count). The molecule has 2 N–H and O–H groups in total. The van der Waals surface area contributed by atoms with Gasteiger partial charge >= 0.3 is 12.1 Å². The molecular formula is C13H16F3N3O3. The fourth-order valence-corrected chi connectivity index (χ4v) is 1.69. The zero-order valence-electron chi connectivity index (χ0n) is 12.0. The molecule has 1 heterocycles. The van der Waals surface area contributed by atoms with Crippen LogP contribution < -0.4 is 10.6 Å². The van der Waals surface area contributed by atoms with E-state index in [0.717, 1.165) is 6.92 Å². The van der Waals surface area contributed by atoms with E-state index in [4.69, 9.17) is 0 Å². The molecule has 0 aliphatic heterocycles. The molecule has 0 bridgehead atoms. The molecule has 1 unspecified atom stereocenters. The van der Waals surface area contributed by atoms with Gasteiger partial charge in [-0.3, -0.25) is 15.1 Å². The first-order chi connectivity index (χ1) is 10.2. The summed E-state index contributed by atoms with van der Waals surface area (Å²) in [7, 11) is 0. The van der Waals surface area contributed by atoms with Gasteiger partial charge in [-0.2, -0.15) is 13.2 Å². The van der Waals surface area contributed by atoms with Crippen LogP contribution in [0, 0.1) is 0 Å². The van der Waals surface area contributed by atoms with E-state index in [-0.39, 0.29) is 13.2 Å². The molecule has 0 fully saturated rings. The van der Waals surface area contributed by atoms with Crippen LogP contribution >= 0.6 is 0 Å². The topological polar surface area (TPSA) is 80.3 Å². The van der Waals surface area contributed by atoms with Crippen LogP contribution in [0.2, 0.25) is 0 Å². The highest BCUT2D eigenvalue weighted by molar-refractivity contribution is 5.87. The number of nitrogens with one attached hydrogen (secondary N) is 2. The molecule has 1 aromatic heterocycles. The lowest BCUT2D eigenvalue weighted by molar-refractivity contribution is -0.221. The second-order valence-electron chi connectivity index (χ2n) is 4.36. The van der Waals surface area contributed by atoms with Crippen molar-refractivity contribution in [2.45, 2.75) is 32.2 Å². The Labute approximate surface area is 125 Å². The number of aromatic nitrogens is 1. The quantitative estimate of drug-likeness (QED) is 0.607. The molecule has 0 radical (unpaired) electrons. The molecule has 1 aromatic rings. The minimum atomic E-state index is -5.09. The smallest absolute Gasteiger partial charge is 0.436 e. The van der Waals surface area contributed by atoms with E-state index in [2.05, 4.69) is 9.72 Å². The summed E-state index contributed by atoms with van der Waals surface area (Å²) in [6, 6.07) is 3.06. The molecule has 1 atom stereocenters. The van der Waals surface area contributed by atoms with Crippen LogP contribution in [-0.2, 0) is 20.9 Å². The number of esters is 1. The summed E-state index contributed by atoms with van der Waals surface area (Å²) < 4.78 is 44.7. The van der Waals surface area contributed by atoms with Gasteiger partial charge in [-0.15, -0.1) is 0 Å². The summed E-state index contributed by atoms with van der Waals surface area (Å²) in [5.74, 6) is -2.65. The monoisotopic (exact) mass is 319 g/mol. The van der Waals surface area contributed by atoms with Crippen LogP contribution in [0.15, 0.2) is 24.5 Å². The summed E-state index contributed by atoms with van der Waals surface area (Å²) in [6.45, 7) is 1.65. The Hall–Kier alpha value is -2.16. The number of rotatable bonds is 6. The Kier molecular flexibility index (Phi) is 5.86. The number of hydrogen-bond donors (Lipinski definition) is 2. The van der Waals surface area contributed by atoms with E-state index in [1.54, 1.807) is 5.32 Å². The van der Waals surface area contributed by atoms with Crippen molar-refractivity contribution in [3.8, 4) is 0 Å². The van der Waals surface area contributed by atoms with E-state index in [1.165, 1.54) is 31.5 Å². The second kappa shape index (κ2) is 7.21. The van der Waals surface area contributed by atoms with Gasteiger partial charge in [0.1, 0.15) is 0 Å². The SMILES string of the molecule is CCOC(=O)C(NCc1cccnc1)(NC(C)=O)C(F)(F)F. The number of pyridine rings is 1. The number of carbonyl (C=O) groups is 2. The van der Waals surface area contributed by atoms with Crippen LogP contribution in [0.4, 0.5) is 13.2 Å². The maximum atomic E-state index is 13.4. The number of carbonyl (C=O) groups excluding carboxylic acids is 2. The van der Waals surface area contributed by atoms with Gasteiger partial charge in [0.2, 0.25) is 5.91 Å². The molecule has 0 saturated heterocycles. The van der Waals surface area contributed by atoms with E-state index in [9.17, 15) is 22.8 Å². The maximum absolute atomic E-state index is 13.4. The fraction of sp³-hybridized carbons (Fsp3) is 0.462. The third-order valence-corrected chi connectivity index (χ3v) is 2.65. The summed E-state index contributed by atoms with van der Waals surface area (Å²) in [5, 5.41) is 3.65. The van der Waals surface area contributed by atoms with Gasteiger partial charge in [-0.25, -0.2) is 4.79 Å². The summed E-state index contributed by atoms with van der Waals surface area (Å²) in [4.78, 5) is 26.8. The van der Waals surface area contributed by atoms with Crippen molar-refractivity contribution in [1.82, 2.24) is 15.6 Å². The van der Waals surface area contributed by atoms with E-state index >= 15 is 0 Å². The third kappa shape index (κ3) is 4.17. The lowest BCUT2D eigenvalue weighted by atomic mass is 10.1. The van der Waals surface area contributed by atoms with Crippen LogP contribution in [0.25, 0.3) is 0 Å². The molecule has 122 valence electrons. The summed E-state index contributed by atoms with van der Waals surface area (Å²) in [6.07, 6.45) is -2.29. The third-order valence-electron chi connectivity index (χ3n) is 2.65. The van der Waals surface area contributed by atoms with Gasteiger partial charge < -0.3 is 10.1 Å². The highest BCUT2D eigenvalue weighted by Gasteiger charge is 2.62. The average Bonchev–Trinajstić information content (AvgIpc) is 2.43.